The van der Waals surface area contributed by atoms with E-state index in [2.05, 4.69) is 38.3 Å². The number of fused-ring (bicyclic) bond motifs is 4. The highest BCUT2D eigenvalue weighted by atomic mass is 31.2. The molecule has 428 valence electrons. The van der Waals surface area contributed by atoms with Crippen LogP contribution < -0.4 is 10.6 Å². The Morgan fingerprint density at radius 2 is 1.08 bits per heavy atom. The first-order chi connectivity index (χ1) is 35.8. The summed E-state index contributed by atoms with van der Waals surface area (Å²) in [6, 6.07) is 0. The van der Waals surface area contributed by atoms with Gasteiger partial charge in [-0.25, -0.2) is 24.6 Å². The molecular weight excluding hydrogens is 992 g/mol. The fourth-order valence-corrected chi connectivity index (χ4v) is 16.1. The quantitative estimate of drug-likeness (QED) is 0.0246. The summed E-state index contributed by atoms with van der Waals surface area (Å²) >= 11 is 0. The Morgan fingerprint density at radius 1 is 0.600 bits per heavy atom. The van der Waals surface area contributed by atoms with Crippen LogP contribution in [0.4, 0.5) is 0 Å². The number of unbranched alkanes of at least 4 members (excludes halogenated alkanes) is 1. The summed E-state index contributed by atoms with van der Waals surface area (Å²) < 4.78 is 49.9. The number of carbonyl (C=O) groups is 4. The Bertz CT molecular complexity index is 2010. The summed E-state index contributed by atoms with van der Waals surface area (Å²) in [6.07, 6.45) is 9.30. The number of hydroxylamine groups is 2. The van der Waals surface area contributed by atoms with Crippen molar-refractivity contribution < 1.29 is 76.5 Å². The molecule has 2 aliphatic carbocycles. The number of hydrogen-bond donors (Lipinski definition) is 3. The Kier molecular flexibility index (Phi) is 19.6. The van der Waals surface area contributed by atoms with Gasteiger partial charge in [-0.15, -0.1) is 0 Å². The Hall–Kier alpha value is -2.33. The SMILES string of the molecule is CCOP(=O)(CCCN(O)C(=O)CCC(=O)N(CCCCNC(=O)CC[C@H]1O[C@@H]2O[C@]3(C)CC[C@H]4[C@H](C)CC[C@@H]([C@H]1C)C24OO3)CCCNC(=O)CC[C@@H]1O[C@H]2O[C@@]3(C)CC[C@@H]4[C@@H](C)CC[C@H]([C@@H]1C)C24OO3)OCC. The summed E-state index contributed by atoms with van der Waals surface area (Å²) in [5, 5.41) is 17.2. The van der Waals surface area contributed by atoms with Crippen LogP contribution in [0.5, 0.6) is 0 Å². The number of amides is 4. The van der Waals surface area contributed by atoms with Gasteiger partial charge in [-0.2, -0.15) is 0 Å². The van der Waals surface area contributed by atoms with Crippen LogP contribution in [-0.2, 0) is 71.3 Å². The van der Waals surface area contributed by atoms with Crippen molar-refractivity contribution in [2.24, 2.45) is 47.3 Å². The number of nitrogens with one attached hydrogen (secondary N) is 2. The van der Waals surface area contributed by atoms with E-state index in [4.69, 9.17) is 47.5 Å². The molecular formula is C54H91N4O16P. The Balaban J connectivity index is 0.788. The molecule has 21 heteroatoms. The van der Waals surface area contributed by atoms with Crippen LogP contribution in [0.15, 0.2) is 0 Å². The fourth-order valence-electron chi connectivity index (χ4n) is 14.5. The third kappa shape index (κ3) is 12.8. The number of ether oxygens (including phenoxy) is 4. The first-order valence-electron chi connectivity index (χ1n) is 28.9. The second kappa shape index (κ2) is 25.0. The van der Waals surface area contributed by atoms with Crippen molar-refractivity contribution in [2.45, 2.75) is 219 Å². The van der Waals surface area contributed by atoms with Crippen LogP contribution in [0.3, 0.4) is 0 Å². The van der Waals surface area contributed by atoms with Gasteiger partial charge in [0.05, 0.1) is 31.6 Å². The Morgan fingerprint density at radius 3 is 1.59 bits per heavy atom. The number of rotatable bonds is 26. The first kappa shape index (κ1) is 58.8. The predicted octanol–water partition coefficient (Wildman–Crippen LogP) is 7.93. The molecule has 0 radical (unpaired) electrons. The van der Waals surface area contributed by atoms with Gasteiger partial charge in [0.1, 0.15) is 0 Å². The van der Waals surface area contributed by atoms with E-state index in [9.17, 15) is 29.0 Å². The van der Waals surface area contributed by atoms with E-state index < -0.39 is 48.9 Å². The molecule has 4 amide bonds. The largest absolute Gasteiger partial charge is 0.356 e. The number of nitrogens with zero attached hydrogens (tertiary/aromatic N) is 2. The highest BCUT2D eigenvalue weighted by Crippen LogP contribution is 2.62. The monoisotopic (exact) mass is 1080 g/mol. The molecule has 8 heterocycles. The van der Waals surface area contributed by atoms with Crippen molar-refractivity contribution in [1.82, 2.24) is 20.6 Å². The molecule has 20 nitrogen and oxygen atoms in total. The second-order valence-electron chi connectivity index (χ2n) is 23.6. The molecule has 4 bridgehead atoms. The Labute approximate surface area is 445 Å². The fraction of sp³-hybridized carbons (Fsp3) is 0.926. The van der Waals surface area contributed by atoms with E-state index in [0.717, 1.165) is 51.4 Å². The van der Waals surface area contributed by atoms with Gasteiger partial charge in [0.2, 0.25) is 35.2 Å². The van der Waals surface area contributed by atoms with Crippen molar-refractivity contribution in [3.05, 3.63) is 0 Å². The topological polar surface area (TPSA) is 228 Å². The minimum atomic E-state index is -3.34. The van der Waals surface area contributed by atoms with Gasteiger partial charge in [0.25, 0.3) is 0 Å². The van der Waals surface area contributed by atoms with Crippen molar-refractivity contribution >= 4 is 31.2 Å². The molecule has 0 aromatic heterocycles. The zero-order valence-electron chi connectivity index (χ0n) is 46.2. The number of carbonyl (C=O) groups excluding carboxylic acids is 4. The van der Waals surface area contributed by atoms with Gasteiger partial charge in [0, 0.05) is 83.1 Å². The molecule has 0 aromatic rings. The van der Waals surface area contributed by atoms with Crippen LogP contribution >= 0.6 is 7.60 Å². The molecule has 75 heavy (non-hydrogen) atoms. The molecule has 2 saturated carbocycles. The van der Waals surface area contributed by atoms with Gasteiger partial charge in [-0.3, -0.25) is 29.0 Å². The summed E-state index contributed by atoms with van der Waals surface area (Å²) in [5.74, 6) is -0.664. The van der Waals surface area contributed by atoms with Crippen molar-refractivity contribution in [3.8, 4) is 0 Å². The molecule has 16 atom stereocenters. The average Bonchev–Trinajstić information content (AvgIpc) is 3.75. The van der Waals surface area contributed by atoms with E-state index in [1.54, 1.807) is 18.7 Å². The highest BCUT2D eigenvalue weighted by molar-refractivity contribution is 7.53. The molecule has 10 rings (SSSR count). The first-order valence-corrected chi connectivity index (χ1v) is 30.6. The lowest BCUT2D eigenvalue weighted by molar-refractivity contribution is -0.571. The molecule has 2 spiro atoms. The van der Waals surface area contributed by atoms with Crippen LogP contribution in [0.2, 0.25) is 0 Å². The lowest BCUT2D eigenvalue weighted by Gasteiger charge is -2.60. The van der Waals surface area contributed by atoms with Crippen molar-refractivity contribution in [3.63, 3.8) is 0 Å². The van der Waals surface area contributed by atoms with Crippen molar-refractivity contribution in [1.29, 1.82) is 0 Å². The zero-order valence-corrected chi connectivity index (χ0v) is 47.1. The molecule has 8 saturated heterocycles. The van der Waals surface area contributed by atoms with Crippen LogP contribution in [0, 0.1) is 47.3 Å². The van der Waals surface area contributed by atoms with Gasteiger partial charge < -0.3 is 43.5 Å². The third-order valence-electron chi connectivity index (χ3n) is 18.7. The van der Waals surface area contributed by atoms with Crippen LogP contribution in [-0.4, -0.2) is 138 Å². The van der Waals surface area contributed by atoms with Crippen molar-refractivity contribution in [2.75, 3.05) is 52.1 Å². The van der Waals surface area contributed by atoms with Gasteiger partial charge in [0.15, 0.2) is 23.8 Å². The third-order valence-corrected chi connectivity index (χ3v) is 20.8. The van der Waals surface area contributed by atoms with E-state index in [1.807, 2.05) is 13.8 Å². The standard InChI is InChI=1S/C54H91N4O16P/c1-9-65-75(64,66-10-2)34-14-33-58(63)48(62)24-23-47(61)57(32-13-30-56-46(60)22-20-44-38(6)42-18-16-36(4)40-26-28-52(8)70-50(68-44)54(40,42)74-72-52)31-12-11-29-55-45(59)21-19-43-37(5)41-17-15-35(3)39-25-27-51(7)69-49(67-43)53(39,41)73-71-51/h35-44,49-50,63H,9-34H2,1-8H3,(H,55,59)(H,56,60)/t35-,36+,37-,38+,39+,40-,41+,42-,43-,44+,49-,50+,51+,52-,53?,54?/m1/s1. The lowest BCUT2D eigenvalue weighted by atomic mass is 9.57. The normalized spacial score (nSPS) is 38.6. The summed E-state index contributed by atoms with van der Waals surface area (Å²) in [6.45, 7) is 18.0. The lowest BCUT2D eigenvalue weighted by Crippen LogP contribution is -2.70. The minimum Gasteiger partial charge on any atom is -0.356 e. The number of hydrogen-bond acceptors (Lipinski definition) is 16. The van der Waals surface area contributed by atoms with Gasteiger partial charge in [-0.05, 0) is 140 Å². The highest BCUT2D eigenvalue weighted by Gasteiger charge is 2.70. The minimum absolute atomic E-state index is 0.0354. The summed E-state index contributed by atoms with van der Waals surface area (Å²) in [5.41, 5.74) is -1.30. The smallest absolute Gasteiger partial charge is 0.330 e. The molecule has 10 aliphatic rings. The van der Waals surface area contributed by atoms with E-state index in [0.29, 0.717) is 81.6 Å². The molecule has 8 aliphatic heterocycles. The van der Waals surface area contributed by atoms with Gasteiger partial charge in [-0.1, -0.05) is 27.7 Å². The maximum absolute atomic E-state index is 13.7. The van der Waals surface area contributed by atoms with Gasteiger partial charge >= 0.3 is 7.60 Å². The second-order valence-corrected chi connectivity index (χ2v) is 25.8. The molecule has 0 aromatic carbocycles. The zero-order chi connectivity index (χ0) is 53.8. The van der Waals surface area contributed by atoms with Crippen LogP contribution in [0.1, 0.15) is 171 Å². The van der Waals surface area contributed by atoms with E-state index in [1.165, 1.54) is 0 Å². The molecule has 2 unspecified atom stereocenters. The molecule has 3 N–H and O–H groups in total. The average molecular weight is 1080 g/mol. The van der Waals surface area contributed by atoms with E-state index in [-0.39, 0.29) is 117 Å². The summed E-state index contributed by atoms with van der Waals surface area (Å²) in [7, 11) is -3.34. The predicted molar refractivity (Wildman–Crippen MR) is 272 cm³/mol. The maximum Gasteiger partial charge on any atom is 0.330 e. The maximum atomic E-state index is 13.7. The molecule has 10 fully saturated rings. The van der Waals surface area contributed by atoms with Crippen LogP contribution in [0.25, 0.3) is 0 Å². The summed E-state index contributed by atoms with van der Waals surface area (Å²) in [4.78, 5) is 79.4. The van der Waals surface area contributed by atoms with E-state index >= 15 is 0 Å².